The first-order valence-corrected chi connectivity index (χ1v) is 8.58. The highest BCUT2D eigenvalue weighted by Gasteiger charge is 2.15. The van der Waals surface area contributed by atoms with Crippen LogP contribution in [0, 0.1) is 12.7 Å². The van der Waals surface area contributed by atoms with Gasteiger partial charge in [-0.3, -0.25) is 4.79 Å². The van der Waals surface area contributed by atoms with Gasteiger partial charge < -0.3 is 10.1 Å². The van der Waals surface area contributed by atoms with Gasteiger partial charge in [0.15, 0.2) is 0 Å². The van der Waals surface area contributed by atoms with E-state index in [0.717, 1.165) is 27.6 Å². The number of hydrogen-bond donors (Lipinski definition) is 1. The van der Waals surface area contributed by atoms with Crippen molar-refractivity contribution in [3.05, 3.63) is 77.1 Å². The number of methoxy groups -OCH3 is 1. The minimum Gasteiger partial charge on any atom is -0.497 e. The van der Waals surface area contributed by atoms with Gasteiger partial charge in [-0.25, -0.2) is 4.39 Å². The Labute approximate surface area is 152 Å². The van der Waals surface area contributed by atoms with Gasteiger partial charge in [-0.1, -0.05) is 36.4 Å². The molecule has 134 valence electrons. The van der Waals surface area contributed by atoms with Crippen LogP contribution < -0.4 is 10.1 Å². The Balaban J connectivity index is 1.71. The lowest BCUT2D eigenvalue weighted by Crippen LogP contribution is -2.27. The molecule has 1 unspecified atom stereocenters. The summed E-state index contributed by atoms with van der Waals surface area (Å²) in [6.45, 7) is 3.90. The Hall–Kier alpha value is -2.88. The number of nitrogens with one attached hydrogen (secondary N) is 1. The third kappa shape index (κ3) is 3.85. The molecule has 3 rings (SSSR count). The minimum absolute atomic E-state index is 0.0844. The molecule has 0 aliphatic rings. The number of benzene rings is 3. The van der Waals surface area contributed by atoms with Crippen molar-refractivity contribution >= 4 is 16.7 Å². The average Bonchev–Trinajstić information content (AvgIpc) is 2.67. The molecular formula is C22H22FNO2. The van der Waals surface area contributed by atoms with Gasteiger partial charge in [-0.2, -0.15) is 0 Å². The normalized spacial score (nSPS) is 12.0. The molecule has 0 fully saturated rings. The van der Waals surface area contributed by atoms with E-state index in [1.807, 2.05) is 49.4 Å². The molecule has 0 radical (unpaired) electrons. The van der Waals surface area contributed by atoms with E-state index < -0.39 is 0 Å². The third-order valence-electron chi connectivity index (χ3n) is 4.67. The Morgan fingerprint density at radius 1 is 1.08 bits per heavy atom. The van der Waals surface area contributed by atoms with Gasteiger partial charge in [0.1, 0.15) is 11.6 Å². The molecule has 3 nitrogen and oxygen atoms in total. The molecule has 0 aliphatic heterocycles. The largest absolute Gasteiger partial charge is 0.497 e. The van der Waals surface area contributed by atoms with Gasteiger partial charge in [0.05, 0.1) is 13.0 Å². The van der Waals surface area contributed by atoms with E-state index in [2.05, 4.69) is 5.32 Å². The molecule has 0 bridgehead atoms. The van der Waals surface area contributed by atoms with Gasteiger partial charge in [0, 0.05) is 6.54 Å². The molecule has 0 aromatic heterocycles. The smallest absolute Gasteiger partial charge is 0.227 e. The predicted molar refractivity (Wildman–Crippen MR) is 102 cm³/mol. The number of ether oxygens (including phenoxy) is 1. The summed E-state index contributed by atoms with van der Waals surface area (Å²) in [7, 11) is 1.64. The van der Waals surface area contributed by atoms with Gasteiger partial charge in [-0.05, 0) is 59.5 Å². The topological polar surface area (TPSA) is 38.3 Å². The zero-order valence-corrected chi connectivity index (χ0v) is 15.2. The van der Waals surface area contributed by atoms with Crippen LogP contribution in [0.1, 0.15) is 29.5 Å². The fourth-order valence-corrected chi connectivity index (χ4v) is 2.88. The van der Waals surface area contributed by atoms with E-state index in [0.29, 0.717) is 12.1 Å². The van der Waals surface area contributed by atoms with Crippen molar-refractivity contribution < 1.29 is 13.9 Å². The molecule has 3 aromatic carbocycles. The average molecular weight is 351 g/mol. The van der Waals surface area contributed by atoms with Crippen LogP contribution in [-0.2, 0) is 11.3 Å². The van der Waals surface area contributed by atoms with E-state index in [9.17, 15) is 9.18 Å². The lowest BCUT2D eigenvalue weighted by molar-refractivity contribution is -0.122. The number of rotatable bonds is 5. The highest BCUT2D eigenvalue weighted by atomic mass is 19.1. The maximum absolute atomic E-state index is 13.6. The molecule has 0 saturated carbocycles. The number of fused-ring (bicyclic) bond motifs is 1. The van der Waals surface area contributed by atoms with Crippen LogP contribution >= 0.6 is 0 Å². The van der Waals surface area contributed by atoms with Crippen LogP contribution in [0.25, 0.3) is 10.8 Å². The highest BCUT2D eigenvalue weighted by Crippen LogP contribution is 2.25. The second kappa shape index (κ2) is 7.56. The molecule has 3 aromatic rings. The summed E-state index contributed by atoms with van der Waals surface area (Å²) in [6.07, 6.45) is 0. The molecular weight excluding hydrogens is 329 g/mol. The summed E-state index contributed by atoms with van der Waals surface area (Å²) in [5, 5.41) is 5.01. The van der Waals surface area contributed by atoms with Gasteiger partial charge in [0.2, 0.25) is 5.91 Å². The molecule has 1 amide bonds. The van der Waals surface area contributed by atoms with E-state index in [1.165, 1.54) is 6.07 Å². The van der Waals surface area contributed by atoms with Crippen LogP contribution in [-0.4, -0.2) is 13.0 Å². The fourth-order valence-electron chi connectivity index (χ4n) is 2.88. The maximum Gasteiger partial charge on any atom is 0.227 e. The number of halogens is 1. The Morgan fingerprint density at radius 3 is 2.54 bits per heavy atom. The van der Waals surface area contributed by atoms with Crippen LogP contribution in [0.2, 0.25) is 0 Å². The van der Waals surface area contributed by atoms with Crippen molar-refractivity contribution in [1.82, 2.24) is 5.32 Å². The first kappa shape index (κ1) is 17.9. The van der Waals surface area contributed by atoms with Crippen LogP contribution in [0.4, 0.5) is 4.39 Å². The van der Waals surface area contributed by atoms with E-state index in [-0.39, 0.29) is 17.6 Å². The van der Waals surface area contributed by atoms with E-state index in [4.69, 9.17) is 4.74 Å². The van der Waals surface area contributed by atoms with Crippen LogP contribution in [0.3, 0.4) is 0 Å². The minimum atomic E-state index is -0.295. The molecule has 0 saturated heterocycles. The van der Waals surface area contributed by atoms with Crippen LogP contribution in [0.5, 0.6) is 5.75 Å². The molecule has 0 heterocycles. The van der Waals surface area contributed by atoms with Crippen molar-refractivity contribution in [3.63, 3.8) is 0 Å². The number of amides is 1. The standard InChI is InChI=1S/C22H22FNO2/c1-14-4-5-16(10-21(14)23)13-24-22(25)15(2)17-6-7-19-12-20(26-3)9-8-18(19)11-17/h4-12,15H,13H2,1-3H3,(H,24,25). The number of hydrogen-bond acceptors (Lipinski definition) is 2. The van der Waals surface area contributed by atoms with Crippen molar-refractivity contribution in [2.75, 3.05) is 7.11 Å². The first-order chi connectivity index (χ1) is 12.5. The molecule has 1 N–H and O–H groups in total. The fraction of sp³-hybridized carbons (Fsp3) is 0.227. The molecule has 4 heteroatoms. The van der Waals surface area contributed by atoms with E-state index >= 15 is 0 Å². The molecule has 26 heavy (non-hydrogen) atoms. The zero-order valence-electron chi connectivity index (χ0n) is 15.2. The Kier molecular flexibility index (Phi) is 5.21. The summed E-state index contributed by atoms with van der Waals surface area (Å²) < 4.78 is 18.8. The Morgan fingerprint density at radius 2 is 1.81 bits per heavy atom. The van der Waals surface area contributed by atoms with Gasteiger partial charge in [-0.15, -0.1) is 0 Å². The van der Waals surface area contributed by atoms with Gasteiger partial charge in [0.25, 0.3) is 0 Å². The lowest BCUT2D eigenvalue weighted by Gasteiger charge is -2.14. The van der Waals surface area contributed by atoms with Crippen molar-refractivity contribution in [2.24, 2.45) is 0 Å². The quantitative estimate of drug-likeness (QED) is 0.722. The summed E-state index contributed by atoms with van der Waals surface area (Å²) in [5.74, 6) is 0.173. The van der Waals surface area contributed by atoms with Crippen molar-refractivity contribution in [1.29, 1.82) is 0 Å². The summed E-state index contributed by atoms with van der Waals surface area (Å²) >= 11 is 0. The van der Waals surface area contributed by atoms with Crippen LogP contribution in [0.15, 0.2) is 54.6 Å². The third-order valence-corrected chi connectivity index (χ3v) is 4.67. The number of aryl methyl sites for hydroxylation is 1. The summed E-state index contributed by atoms with van der Waals surface area (Å²) in [5.41, 5.74) is 2.29. The molecule has 1 atom stereocenters. The van der Waals surface area contributed by atoms with Crippen molar-refractivity contribution in [3.8, 4) is 5.75 Å². The summed E-state index contributed by atoms with van der Waals surface area (Å²) in [6, 6.07) is 16.8. The van der Waals surface area contributed by atoms with E-state index in [1.54, 1.807) is 20.1 Å². The second-order valence-corrected chi connectivity index (χ2v) is 6.50. The van der Waals surface area contributed by atoms with Crippen molar-refractivity contribution in [2.45, 2.75) is 26.3 Å². The number of carbonyl (C=O) groups excluding carboxylic acids is 1. The predicted octanol–water partition coefficient (Wildman–Crippen LogP) is 4.72. The SMILES string of the molecule is COc1ccc2cc(C(C)C(=O)NCc3ccc(C)c(F)c3)ccc2c1. The molecule has 0 aliphatic carbocycles. The molecule has 0 spiro atoms. The van der Waals surface area contributed by atoms with Gasteiger partial charge >= 0.3 is 0 Å². The second-order valence-electron chi connectivity index (χ2n) is 6.50. The summed E-state index contributed by atoms with van der Waals surface area (Å²) in [4.78, 5) is 12.5. The monoisotopic (exact) mass is 351 g/mol. The lowest BCUT2D eigenvalue weighted by atomic mass is 9.97. The number of carbonyl (C=O) groups is 1. The Bertz CT molecular complexity index is 952. The zero-order chi connectivity index (χ0) is 18.7. The highest BCUT2D eigenvalue weighted by molar-refractivity contribution is 5.88. The first-order valence-electron chi connectivity index (χ1n) is 8.58. The maximum atomic E-state index is 13.6.